The molecule has 5 atom stereocenters. The molecule has 0 radical (unpaired) electrons. The van der Waals surface area contributed by atoms with Gasteiger partial charge in [0.1, 0.15) is 0 Å². The first-order chi connectivity index (χ1) is 9.19. The molecule has 0 amide bonds. The maximum absolute atomic E-state index is 11.1. The Balaban J connectivity index is 3.24. The largest absolute Gasteiger partial charge is 0.478 e. The van der Waals surface area contributed by atoms with E-state index in [1.54, 1.807) is 13.0 Å². The fourth-order valence-corrected chi connectivity index (χ4v) is 3.13. The van der Waals surface area contributed by atoms with Crippen molar-refractivity contribution in [2.75, 3.05) is 6.61 Å². The molecular weight excluding hydrogens is 260 g/mol. The number of carboxylic acids is 1. The summed E-state index contributed by atoms with van der Waals surface area (Å²) in [4.78, 5) is 11.1. The molecule has 0 bridgehead atoms. The minimum atomic E-state index is -1.26. The Morgan fingerprint density at radius 2 is 1.95 bits per heavy atom. The first-order valence-corrected chi connectivity index (χ1v) is 6.40. The van der Waals surface area contributed by atoms with Crippen LogP contribution in [0.1, 0.15) is 13.3 Å². The Morgan fingerprint density at radius 1 is 1.40 bits per heavy atom. The topological polar surface area (TPSA) is 98.0 Å². The zero-order chi connectivity index (χ0) is 15.7. The molecule has 5 heteroatoms. The van der Waals surface area contributed by atoms with Crippen LogP contribution >= 0.6 is 0 Å². The molecule has 0 saturated heterocycles. The molecule has 0 heterocycles. The lowest BCUT2D eigenvalue weighted by atomic mass is 9.58. The Kier molecular flexibility index (Phi) is 4.91. The number of aliphatic carboxylic acids is 1. The van der Waals surface area contributed by atoms with Gasteiger partial charge in [-0.25, -0.2) is 4.79 Å². The van der Waals surface area contributed by atoms with Crippen LogP contribution in [0.4, 0.5) is 0 Å². The number of hydrogen-bond donors (Lipinski definition) is 4. The molecule has 112 valence electrons. The second-order valence-corrected chi connectivity index (χ2v) is 5.62. The molecule has 1 saturated carbocycles. The second-order valence-electron chi connectivity index (χ2n) is 5.62. The van der Waals surface area contributed by atoms with Crippen LogP contribution in [0.15, 0.2) is 37.0 Å². The molecule has 0 aromatic rings. The standard InChI is InChI=1S/C15H22O5/c1-5-15(4)6-10(17)11(9(3)14(19)20)13(18)12(15)8(2)7-16/h5,10-13,16-18H,1-3,6-7H2,4H3,(H,19,20). The van der Waals surface area contributed by atoms with Gasteiger partial charge < -0.3 is 20.4 Å². The lowest BCUT2D eigenvalue weighted by Crippen LogP contribution is -2.53. The molecule has 20 heavy (non-hydrogen) atoms. The molecule has 0 aromatic carbocycles. The lowest BCUT2D eigenvalue weighted by molar-refractivity contribution is -0.137. The number of allylic oxidation sites excluding steroid dienone is 1. The van der Waals surface area contributed by atoms with E-state index in [0.717, 1.165) is 0 Å². The fourth-order valence-electron chi connectivity index (χ4n) is 3.13. The van der Waals surface area contributed by atoms with Gasteiger partial charge in [-0.3, -0.25) is 0 Å². The minimum absolute atomic E-state index is 0.216. The summed E-state index contributed by atoms with van der Waals surface area (Å²) in [6.45, 7) is 12.3. The summed E-state index contributed by atoms with van der Waals surface area (Å²) >= 11 is 0. The average molecular weight is 282 g/mol. The van der Waals surface area contributed by atoms with Gasteiger partial charge in [0, 0.05) is 17.4 Å². The van der Waals surface area contributed by atoms with E-state index in [1.165, 1.54) is 0 Å². The third-order valence-corrected chi connectivity index (χ3v) is 4.27. The highest BCUT2D eigenvalue weighted by Gasteiger charge is 2.51. The third kappa shape index (κ3) is 2.70. The lowest BCUT2D eigenvalue weighted by Gasteiger charge is -2.49. The number of hydrogen-bond acceptors (Lipinski definition) is 4. The maximum Gasteiger partial charge on any atom is 0.331 e. The summed E-state index contributed by atoms with van der Waals surface area (Å²) in [5, 5.41) is 39.0. The minimum Gasteiger partial charge on any atom is -0.478 e. The van der Waals surface area contributed by atoms with E-state index in [2.05, 4.69) is 19.7 Å². The van der Waals surface area contributed by atoms with E-state index in [4.69, 9.17) is 5.11 Å². The van der Waals surface area contributed by atoms with Gasteiger partial charge in [0.25, 0.3) is 0 Å². The molecule has 1 rings (SSSR count). The Morgan fingerprint density at radius 3 is 2.35 bits per heavy atom. The summed E-state index contributed by atoms with van der Waals surface area (Å²) in [6, 6.07) is 0. The zero-order valence-electron chi connectivity index (χ0n) is 11.6. The third-order valence-electron chi connectivity index (χ3n) is 4.27. The first kappa shape index (κ1) is 16.6. The van der Waals surface area contributed by atoms with Gasteiger partial charge in [-0.05, 0) is 17.4 Å². The van der Waals surface area contributed by atoms with Crippen molar-refractivity contribution in [2.45, 2.75) is 25.6 Å². The highest BCUT2D eigenvalue weighted by Crippen LogP contribution is 2.49. The van der Waals surface area contributed by atoms with Crippen molar-refractivity contribution in [1.29, 1.82) is 0 Å². The summed E-state index contributed by atoms with van der Waals surface area (Å²) < 4.78 is 0. The van der Waals surface area contributed by atoms with Crippen molar-refractivity contribution in [1.82, 2.24) is 0 Å². The summed E-state index contributed by atoms with van der Waals surface area (Å²) in [5.41, 5.74) is -0.532. The quantitative estimate of drug-likeness (QED) is 0.440. The first-order valence-electron chi connectivity index (χ1n) is 6.40. The van der Waals surface area contributed by atoms with Crippen molar-refractivity contribution in [2.24, 2.45) is 17.3 Å². The predicted molar refractivity (Wildman–Crippen MR) is 74.9 cm³/mol. The van der Waals surface area contributed by atoms with Gasteiger partial charge >= 0.3 is 5.97 Å². The van der Waals surface area contributed by atoms with Crippen LogP contribution in [0.2, 0.25) is 0 Å². The van der Waals surface area contributed by atoms with E-state index in [9.17, 15) is 20.1 Å². The number of aliphatic hydroxyl groups is 3. The normalized spacial score (nSPS) is 37.2. The van der Waals surface area contributed by atoms with Crippen LogP contribution in [-0.2, 0) is 4.79 Å². The van der Waals surface area contributed by atoms with Gasteiger partial charge in [0.05, 0.1) is 18.8 Å². The zero-order valence-corrected chi connectivity index (χ0v) is 11.6. The highest BCUT2D eigenvalue weighted by atomic mass is 16.4. The predicted octanol–water partition coefficient (Wildman–Crippen LogP) is 0.726. The smallest absolute Gasteiger partial charge is 0.331 e. The van der Waals surface area contributed by atoms with Gasteiger partial charge in [0.2, 0.25) is 0 Å². The van der Waals surface area contributed by atoms with Crippen LogP contribution in [-0.4, -0.2) is 45.2 Å². The molecule has 0 aromatic heterocycles. The molecule has 5 unspecified atom stereocenters. The average Bonchev–Trinajstić information content (AvgIpc) is 2.37. The summed E-state index contributed by atoms with van der Waals surface area (Å²) in [6.07, 6.45) is -0.414. The van der Waals surface area contributed by atoms with Crippen molar-refractivity contribution in [3.8, 4) is 0 Å². The second kappa shape index (κ2) is 5.91. The Hall–Kier alpha value is -1.43. The van der Waals surface area contributed by atoms with Crippen LogP contribution in [0.25, 0.3) is 0 Å². The van der Waals surface area contributed by atoms with Gasteiger partial charge in [-0.2, -0.15) is 0 Å². The van der Waals surface area contributed by atoms with Crippen LogP contribution in [0.5, 0.6) is 0 Å². The number of carbonyl (C=O) groups is 1. The SMILES string of the molecule is C=CC1(C)CC(O)C(C(=C)C(=O)O)C(O)C1C(=C)CO. The molecule has 5 nitrogen and oxygen atoms in total. The number of aliphatic hydroxyl groups excluding tert-OH is 3. The van der Waals surface area contributed by atoms with E-state index in [0.29, 0.717) is 5.57 Å². The molecule has 1 aliphatic carbocycles. The number of rotatable bonds is 5. The van der Waals surface area contributed by atoms with Gasteiger partial charge in [-0.15, -0.1) is 6.58 Å². The van der Waals surface area contributed by atoms with E-state index in [1.807, 2.05) is 0 Å². The van der Waals surface area contributed by atoms with Crippen molar-refractivity contribution >= 4 is 5.97 Å². The molecule has 4 N–H and O–H groups in total. The van der Waals surface area contributed by atoms with Crippen molar-refractivity contribution in [3.63, 3.8) is 0 Å². The van der Waals surface area contributed by atoms with Crippen LogP contribution < -0.4 is 0 Å². The van der Waals surface area contributed by atoms with Crippen LogP contribution in [0.3, 0.4) is 0 Å². The highest BCUT2D eigenvalue weighted by molar-refractivity contribution is 5.86. The molecule has 1 fully saturated rings. The fraction of sp³-hybridized carbons (Fsp3) is 0.533. The van der Waals surface area contributed by atoms with E-state index >= 15 is 0 Å². The monoisotopic (exact) mass is 282 g/mol. The Labute approximate surface area is 118 Å². The molecular formula is C15H22O5. The van der Waals surface area contributed by atoms with Gasteiger partial charge in [-0.1, -0.05) is 26.2 Å². The molecule has 0 spiro atoms. The molecule has 0 aliphatic heterocycles. The van der Waals surface area contributed by atoms with Gasteiger partial charge in [0.15, 0.2) is 0 Å². The van der Waals surface area contributed by atoms with Crippen LogP contribution in [0, 0.1) is 17.3 Å². The van der Waals surface area contributed by atoms with E-state index in [-0.39, 0.29) is 18.6 Å². The van der Waals surface area contributed by atoms with Crippen molar-refractivity contribution in [3.05, 3.63) is 37.0 Å². The maximum atomic E-state index is 11.1. The van der Waals surface area contributed by atoms with E-state index < -0.39 is 35.4 Å². The molecule has 1 aliphatic rings. The number of carboxylic acid groups (broad SMARTS) is 1. The van der Waals surface area contributed by atoms with Crippen molar-refractivity contribution < 1.29 is 25.2 Å². The Bertz CT molecular complexity index is 442. The summed E-state index contributed by atoms with van der Waals surface area (Å²) in [7, 11) is 0. The summed E-state index contributed by atoms with van der Waals surface area (Å²) in [5.74, 6) is -2.84.